The molecule has 0 atom stereocenters. The summed E-state index contributed by atoms with van der Waals surface area (Å²) in [5, 5.41) is 7.83. The average Bonchev–Trinajstić information content (AvgIpc) is 2.49. The highest BCUT2D eigenvalue weighted by molar-refractivity contribution is 7.80. The van der Waals surface area contributed by atoms with Gasteiger partial charge < -0.3 is 0 Å². The van der Waals surface area contributed by atoms with Gasteiger partial charge in [0, 0.05) is 15.5 Å². The summed E-state index contributed by atoms with van der Waals surface area (Å²) in [4.78, 5) is 0.790. The van der Waals surface area contributed by atoms with Crippen molar-refractivity contribution in [3.63, 3.8) is 0 Å². The number of nitrogens with zero attached hydrogens (tertiary/aromatic N) is 1. The largest absolute Gasteiger partial charge is 0.276 e. The quantitative estimate of drug-likeness (QED) is 0.737. The molecular formula is C9H6Cl2N2S. The third-order valence-electron chi connectivity index (χ3n) is 1.76. The van der Waals surface area contributed by atoms with Gasteiger partial charge in [-0.2, -0.15) is 5.10 Å². The van der Waals surface area contributed by atoms with E-state index in [9.17, 15) is 0 Å². The minimum Gasteiger partial charge on any atom is -0.276 e. The van der Waals surface area contributed by atoms with Crippen molar-refractivity contribution in [1.29, 1.82) is 0 Å². The topological polar surface area (TPSA) is 28.7 Å². The van der Waals surface area contributed by atoms with Gasteiger partial charge in [-0.15, -0.1) is 12.6 Å². The van der Waals surface area contributed by atoms with Crippen molar-refractivity contribution in [3.05, 3.63) is 34.4 Å². The molecule has 0 aliphatic heterocycles. The van der Waals surface area contributed by atoms with Gasteiger partial charge in [-0.25, -0.2) is 0 Å². The first kappa shape index (κ1) is 9.90. The van der Waals surface area contributed by atoms with Crippen molar-refractivity contribution in [1.82, 2.24) is 10.2 Å². The zero-order valence-electron chi connectivity index (χ0n) is 6.96. The number of benzene rings is 1. The number of aromatic amines is 1. The van der Waals surface area contributed by atoms with E-state index in [4.69, 9.17) is 23.2 Å². The van der Waals surface area contributed by atoms with E-state index in [1.165, 1.54) is 0 Å². The fraction of sp³-hybridized carbons (Fsp3) is 0. The van der Waals surface area contributed by atoms with Crippen LogP contribution in [-0.4, -0.2) is 10.2 Å². The van der Waals surface area contributed by atoms with Crippen molar-refractivity contribution < 1.29 is 0 Å². The van der Waals surface area contributed by atoms with Crippen LogP contribution in [-0.2, 0) is 0 Å². The molecule has 0 aliphatic rings. The van der Waals surface area contributed by atoms with Crippen LogP contribution in [0.1, 0.15) is 0 Å². The maximum Gasteiger partial charge on any atom is 0.0862 e. The summed E-state index contributed by atoms with van der Waals surface area (Å²) in [6.07, 6.45) is 1.55. The molecule has 0 fully saturated rings. The molecule has 1 N–H and O–H groups in total. The lowest BCUT2D eigenvalue weighted by Gasteiger charge is -2.01. The highest BCUT2D eigenvalue weighted by Gasteiger charge is 2.06. The van der Waals surface area contributed by atoms with Gasteiger partial charge in [0.15, 0.2) is 0 Å². The van der Waals surface area contributed by atoms with Gasteiger partial charge in [0.2, 0.25) is 0 Å². The van der Waals surface area contributed by atoms with Gasteiger partial charge in [-0.1, -0.05) is 23.2 Å². The van der Waals surface area contributed by atoms with Gasteiger partial charge in [0.25, 0.3) is 0 Å². The van der Waals surface area contributed by atoms with Crippen molar-refractivity contribution >= 4 is 35.8 Å². The van der Waals surface area contributed by atoms with Crippen LogP contribution in [0.5, 0.6) is 0 Å². The van der Waals surface area contributed by atoms with E-state index in [2.05, 4.69) is 22.8 Å². The van der Waals surface area contributed by atoms with Crippen molar-refractivity contribution in [2.75, 3.05) is 0 Å². The second-order valence-electron chi connectivity index (χ2n) is 2.79. The average molecular weight is 245 g/mol. The molecule has 0 radical (unpaired) electrons. The Balaban J connectivity index is 2.57. The van der Waals surface area contributed by atoms with E-state index in [0.717, 1.165) is 16.2 Å². The molecule has 0 unspecified atom stereocenters. The number of aromatic nitrogens is 2. The smallest absolute Gasteiger partial charge is 0.0862 e. The Morgan fingerprint density at radius 2 is 2.00 bits per heavy atom. The van der Waals surface area contributed by atoms with Crippen LogP contribution in [0, 0.1) is 0 Å². The fourth-order valence-corrected chi connectivity index (χ4v) is 1.98. The molecule has 0 bridgehead atoms. The number of hydrogen-bond acceptors (Lipinski definition) is 2. The van der Waals surface area contributed by atoms with Crippen LogP contribution in [0.2, 0.25) is 10.0 Å². The minimum atomic E-state index is 0.569. The highest BCUT2D eigenvalue weighted by atomic mass is 35.5. The molecule has 0 amide bonds. The molecule has 2 nitrogen and oxygen atoms in total. The number of nitrogens with one attached hydrogen (secondary N) is 1. The first-order valence-corrected chi connectivity index (χ1v) is 5.06. The normalized spacial score (nSPS) is 10.5. The molecule has 0 saturated heterocycles. The Morgan fingerprint density at radius 3 is 2.57 bits per heavy atom. The Bertz CT molecular complexity index is 447. The molecule has 0 aliphatic carbocycles. The predicted molar refractivity (Wildman–Crippen MR) is 61.3 cm³/mol. The Labute approximate surface area is 96.6 Å². The maximum atomic E-state index is 5.92. The van der Waals surface area contributed by atoms with Crippen molar-refractivity contribution in [2.45, 2.75) is 4.90 Å². The summed E-state index contributed by atoms with van der Waals surface area (Å²) >= 11 is 16.0. The monoisotopic (exact) mass is 244 g/mol. The van der Waals surface area contributed by atoms with E-state index in [-0.39, 0.29) is 0 Å². The summed E-state index contributed by atoms with van der Waals surface area (Å²) in [6, 6.07) is 5.44. The SMILES string of the molecule is Sc1cc(Cl)cc(-c2[nH]ncc2Cl)c1. The van der Waals surface area contributed by atoms with E-state index in [1.54, 1.807) is 18.3 Å². The lowest BCUT2D eigenvalue weighted by molar-refractivity contribution is 1.09. The van der Waals surface area contributed by atoms with Crippen LogP contribution in [0.15, 0.2) is 29.3 Å². The van der Waals surface area contributed by atoms with Gasteiger partial charge in [-0.05, 0) is 18.2 Å². The molecule has 1 aromatic carbocycles. The van der Waals surface area contributed by atoms with Gasteiger partial charge in [-0.3, -0.25) is 5.10 Å². The molecule has 5 heteroatoms. The zero-order valence-corrected chi connectivity index (χ0v) is 9.37. The number of halogens is 2. The molecule has 1 heterocycles. The summed E-state index contributed by atoms with van der Waals surface area (Å²) in [5.74, 6) is 0. The molecule has 0 saturated carbocycles. The molecule has 14 heavy (non-hydrogen) atoms. The maximum absolute atomic E-state index is 5.92. The standard InChI is InChI=1S/C9H6Cl2N2S/c10-6-1-5(2-7(14)3-6)9-8(11)4-12-13-9/h1-4,14H,(H,12,13). The van der Waals surface area contributed by atoms with E-state index >= 15 is 0 Å². The van der Waals surface area contributed by atoms with E-state index in [1.807, 2.05) is 6.07 Å². The second-order valence-corrected chi connectivity index (χ2v) is 4.15. The molecular weight excluding hydrogens is 239 g/mol. The Morgan fingerprint density at radius 1 is 1.21 bits per heavy atom. The minimum absolute atomic E-state index is 0.569. The van der Waals surface area contributed by atoms with Gasteiger partial charge in [0.1, 0.15) is 0 Å². The van der Waals surface area contributed by atoms with Crippen LogP contribution in [0.4, 0.5) is 0 Å². The van der Waals surface area contributed by atoms with Crippen LogP contribution < -0.4 is 0 Å². The highest BCUT2D eigenvalue weighted by Crippen LogP contribution is 2.29. The Kier molecular flexibility index (Phi) is 2.72. The molecule has 0 spiro atoms. The zero-order chi connectivity index (χ0) is 10.1. The predicted octanol–water partition coefficient (Wildman–Crippen LogP) is 3.67. The molecule has 72 valence electrons. The number of thiol groups is 1. The Hall–Kier alpha value is -0.640. The van der Waals surface area contributed by atoms with Crippen LogP contribution >= 0.6 is 35.8 Å². The number of H-pyrrole nitrogens is 1. The number of hydrogen-bond donors (Lipinski definition) is 2. The van der Waals surface area contributed by atoms with E-state index < -0.39 is 0 Å². The van der Waals surface area contributed by atoms with Crippen LogP contribution in [0.25, 0.3) is 11.3 Å². The second kappa shape index (κ2) is 3.85. The summed E-state index contributed by atoms with van der Waals surface area (Å²) in [5.41, 5.74) is 1.63. The molecule has 2 aromatic rings. The van der Waals surface area contributed by atoms with Gasteiger partial charge in [0.05, 0.1) is 16.9 Å². The fourth-order valence-electron chi connectivity index (χ4n) is 1.19. The lowest BCUT2D eigenvalue weighted by atomic mass is 10.1. The number of rotatable bonds is 1. The lowest BCUT2D eigenvalue weighted by Crippen LogP contribution is -1.80. The van der Waals surface area contributed by atoms with Crippen LogP contribution in [0.3, 0.4) is 0 Å². The molecule has 1 aromatic heterocycles. The summed E-state index contributed by atoms with van der Waals surface area (Å²) in [6.45, 7) is 0. The van der Waals surface area contributed by atoms with Crippen molar-refractivity contribution in [2.24, 2.45) is 0 Å². The first-order valence-electron chi connectivity index (χ1n) is 3.85. The van der Waals surface area contributed by atoms with E-state index in [0.29, 0.717) is 10.0 Å². The summed E-state index contributed by atoms with van der Waals surface area (Å²) < 4.78 is 0. The third kappa shape index (κ3) is 1.90. The van der Waals surface area contributed by atoms with Gasteiger partial charge >= 0.3 is 0 Å². The third-order valence-corrected chi connectivity index (χ3v) is 2.53. The summed E-state index contributed by atoms with van der Waals surface area (Å²) in [7, 11) is 0. The van der Waals surface area contributed by atoms with Crippen molar-refractivity contribution in [3.8, 4) is 11.3 Å². The first-order chi connectivity index (χ1) is 6.66. The molecule has 2 rings (SSSR count).